The fourth-order valence-electron chi connectivity index (χ4n) is 3.00. The molecule has 3 rings (SSSR count). The van der Waals surface area contributed by atoms with Gasteiger partial charge in [0.25, 0.3) is 0 Å². The van der Waals surface area contributed by atoms with Crippen LogP contribution in [0.5, 0.6) is 0 Å². The number of aryl methyl sites for hydroxylation is 2. The predicted molar refractivity (Wildman–Crippen MR) is 98.4 cm³/mol. The number of carbonyl (C=O) groups excluding carboxylic acids is 1. The number of nitrogen functional groups attached to an aromatic ring is 1. The van der Waals surface area contributed by atoms with E-state index in [0.717, 1.165) is 17.0 Å². The number of halogens is 1. The zero-order valence-electron chi connectivity index (χ0n) is 14.2. The first kappa shape index (κ1) is 17.7. The monoisotopic (exact) mass is 359 g/mol. The lowest BCUT2D eigenvalue weighted by molar-refractivity contribution is -0.139. The van der Waals surface area contributed by atoms with E-state index < -0.39 is 0 Å². The van der Waals surface area contributed by atoms with Crippen LogP contribution in [0.25, 0.3) is 0 Å². The summed E-state index contributed by atoms with van der Waals surface area (Å²) in [6, 6.07) is 11.2. The number of hydrogen-bond acceptors (Lipinski definition) is 4. The fourth-order valence-corrected chi connectivity index (χ4v) is 3.13. The van der Waals surface area contributed by atoms with Gasteiger partial charge < -0.3 is 15.4 Å². The molecule has 132 valence electrons. The molecule has 2 N–H and O–H groups in total. The van der Waals surface area contributed by atoms with Crippen molar-refractivity contribution in [3.63, 3.8) is 0 Å². The maximum absolute atomic E-state index is 12.5. The van der Waals surface area contributed by atoms with Gasteiger partial charge in [-0.3, -0.25) is 9.78 Å². The van der Waals surface area contributed by atoms with E-state index in [1.54, 1.807) is 0 Å². The van der Waals surface area contributed by atoms with Gasteiger partial charge in [0.2, 0.25) is 5.91 Å². The summed E-state index contributed by atoms with van der Waals surface area (Å²) in [4.78, 5) is 18.9. The van der Waals surface area contributed by atoms with Crippen LogP contribution in [0.15, 0.2) is 36.4 Å². The van der Waals surface area contributed by atoms with Crippen LogP contribution in [0.3, 0.4) is 0 Å². The standard InChI is InChI=1S/C19H22ClN3O2/c1-13-10-16(21)11-17(22-13)18-12-23(8-9-25-18)19(24)7-4-14-2-5-15(20)6-3-14/h2-3,5-6,10-11,18H,4,7-9,12H2,1H3,(H2,21,22)/t18-/m0/s1. The Morgan fingerprint density at radius 3 is 2.84 bits per heavy atom. The molecule has 0 unspecified atom stereocenters. The fraction of sp³-hybridized carbons (Fsp3) is 0.368. The Morgan fingerprint density at radius 2 is 2.12 bits per heavy atom. The zero-order chi connectivity index (χ0) is 17.8. The largest absolute Gasteiger partial charge is 0.399 e. The summed E-state index contributed by atoms with van der Waals surface area (Å²) in [5.74, 6) is 0.129. The number of ether oxygens (including phenoxy) is 1. The molecule has 0 bridgehead atoms. The molecule has 2 heterocycles. The minimum Gasteiger partial charge on any atom is -0.399 e. The number of anilines is 1. The van der Waals surface area contributed by atoms with Gasteiger partial charge in [-0.1, -0.05) is 23.7 Å². The van der Waals surface area contributed by atoms with Gasteiger partial charge >= 0.3 is 0 Å². The minimum atomic E-state index is -0.226. The molecule has 1 aromatic carbocycles. The molecule has 1 aromatic heterocycles. The Balaban J connectivity index is 1.60. The molecule has 1 amide bonds. The number of morpholine rings is 1. The molecule has 0 saturated carbocycles. The number of pyridine rings is 1. The highest BCUT2D eigenvalue weighted by molar-refractivity contribution is 6.30. The molecule has 1 aliphatic heterocycles. The van der Waals surface area contributed by atoms with Gasteiger partial charge in [0.15, 0.2) is 0 Å². The topological polar surface area (TPSA) is 68.5 Å². The molecule has 25 heavy (non-hydrogen) atoms. The number of amides is 1. The van der Waals surface area contributed by atoms with Gasteiger partial charge in [-0.25, -0.2) is 0 Å². The first-order valence-corrected chi connectivity index (χ1v) is 8.77. The van der Waals surface area contributed by atoms with Crippen molar-refractivity contribution >= 4 is 23.2 Å². The molecule has 1 saturated heterocycles. The van der Waals surface area contributed by atoms with Crippen LogP contribution in [0.4, 0.5) is 5.69 Å². The molecule has 0 aliphatic carbocycles. The Kier molecular flexibility index (Phi) is 5.56. The number of benzene rings is 1. The average molecular weight is 360 g/mol. The number of carbonyl (C=O) groups is 1. The first-order chi connectivity index (χ1) is 12.0. The van der Waals surface area contributed by atoms with Gasteiger partial charge in [-0.05, 0) is 43.2 Å². The average Bonchev–Trinajstić information content (AvgIpc) is 2.60. The normalized spacial score (nSPS) is 17.5. The van der Waals surface area contributed by atoms with Gasteiger partial charge in [-0.15, -0.1) is 0 Å². The van der Waals surface area contributed by atoms with Crippen LogP contribution < -0.4 is 5.73 Å². The number of nitrogens with zero attached hydrogens (tertiary/aromatic N) is 2. The van der Waals surface area contributed by atoms with E-state index in [0.29, 0.717) is 43.2 Å². The van der Waals surface area contributed by atoms with Crippen molar-refractivity contribution in [3.8, 4) is 0 Å². The van der Waals surface area contributed by atoms with Crippen molar-refractivity contribution < 1.29 is 9.53 Å². The Labute approximate surface area is 152 Å². The molecule has 1 atom stereocenters. The van der Waals surface area contributed by atoms with E-state index in [2.05, 4.69) is 4.98 Å². The summed E-state index contributed by atoms with van der Waals surface area (Å²) in [6.07, 6.45) is 0.946. The highest BCUT2D eigenvalue weighted by Gasteiger charge is 2.26. The summed E-state index contributed by atoms with van der Waals surface area (Å²) >= 11 is 5.89. The summed E-state index contributed by atoms with van der Waals surface area (Å²) in [7, 11) is 0. The molecular formula is C19H22ClN3O2. The molecule has 6 heteroatoms. The van der Waals surface area contributed by atoms with Crippen LogP contribution >= 0.6 is 11.6 Å². The molecular weight excluding hydrogens is 338 g/mol. The number of rotatable bonds is 4. The molecule has 1 fully saturated rings. The second-order valence-corrected chi connectivity index (χ2v) is 6.73. The predicted octanol–water partition coefficient (Wildman–Crippen LogP) is 3.16. The Bertz CT molecular complexity index is 729. The smallest absolute Gasteiger partial charge is 0.223 e. The highest BCUT2D eigenvalue weighted by atomic mass is 35.5. The number of aromatic nitrogens is 1. The Hall–Kier alpha value is -2.11. The van der Waals surface area contributed by atoms with Crippen molar-refractivity contribution in [3.05, 3.63) is 58.4 Å². The van der Waals surface area contributed by atoms with Gasteiger partial charge in [0, 0.05) is 29.4 Å². The van der Waals surface area contributed by atoms with Crippen molar-refractivity contribution in [2.24, 2.45) is 0 Å². The second-order valence-electron chi connectivity index (χ2n) is 6.29. The molecule has 2 aromatic rings. The maximum atomic E-state index is 12.5. The maximum Gasteiger partial charge on any atom is 0.223 e. The summed E-state index contributed by atoms with van der Waals surface area (Å²) < 4.78 is 5.80. The van der Waals surface area contributed by atoms with E-state index >= 15 is 0 Å². The van der Waals surface area contributed by atoms with Crippen LogP contribution in [0.2, 0.25) is 5.02 Å². The third kappa shape index (κ3) is 4.71. The van der Waals surface area contributed by atoms with Crippen LogP contribution in [0, 0.1) is 6.92 Å². The minimum absolute atomic E-state index is 0.129. The van der Waals surface area contributed by atoms with Crippen molar-refractivity contribution in [2.45, 2.75) is 25.9 Å². The van der Waals surface area contributed by atoms with E-state index in [1.165, 1.54) is 0 Å². The van der Waals surface area contributed by atoms with E-state index in [4.69, 9.17) is 22.1 Å². The van der Waals surface area contributed by atoms with Gasteiger partial charge in [-0.2, -0.15) is 0 Å². The van der Waals surface area contributed by atoms with Gasteiger partial charge in [0.1, 0.15) is 6.10 Å². The van der Waals surface area contributed by atoms with Crippen LogP contribution in [-0.4, -0.2) is 35.5 Å². The van der Waals surface area contributed by atoms with Crippen molar-refractivity contribution in [1.82, 2.24) is 9.88 Å². The SMILES string of the molecule is Cc1cc(N)cc([C@@H]2CN(C(=O)CCc3ccc(Cl)cc3)CCO2)n1. The van der Waals surface area contributed by atoms with Crippen LogP contribution in [0.1, 0.15) is 29.5 Å². The number of hydrogen-bond donors (Lipinski definition) is 1. The lowest BCUT2D eigenvalue weighted by atomic mass is 10.1. The number of nitrogens with two attached hydrogens (primary N) is 1. The summed E-state index contributed by atoms with van der Waals surface area (Å²) in [6.45, 7) is 3.52. The van der Waals surface area contributed by atoms with E-state index in [-0.39, 0.29) is 12.0 Å². The third-order valence-corrected chi connectivity index (χ3v) is 4.54. The van der Waals surface area contributed by atoms with Gasteiger partial charge in [0.05, 0.1) is 18.8 Å². The molecule has 0 spiro atoms. The van der Waals surface area contributed by atoms with E-state index in [9.17, 15) is 4.79 Å². The zero-order valence-corrected chi connectivity index (χ0v) is 15.0. The second kappa shape index (κ2) is 7.85. The van der Waals surface area contributed by atoms with Crippen molar-refractivity contribution in [1.29, 1.82) is 0 Å². The molecule has 1 aliphatic rings. The third-order valence-electron chi connectivity index (χ3n) is 4.29. The van der Waals surface area contributed by atoms with Crippen LogP contribution in [-0.2, 0) is 16.0 Å². The van der Waals surface area contributed by atoms with E-state index in [1.807, 2.05) is 48.2 Å². The van der Waals surface area contributed by atoms with Crippen molar-refractivity contribution in [2.75, 3.05) is 25.4 Å². The quantitative estimate of drug-likeness (QED) is 0.910. The summed E-state index contributed by atoms with van der Waals surface area (Å²) in [5.41, 5.74) is 9.31. The molecule has 0 radical (unpaired) electrons. The Morgan fingerprint density at radius 1 is 1.36 bits per heavy atom. The lowest BCUT2D eigenvalue weighted by Crippen LogP contribution is -2.42. The first-order valence-electron chi connectivity index (χ1n) is 8.39. The highest BCUT2D eigenvalue weighted by Crippen LogP contribution is 2.23. The summed E-state index contributed by atoms with van der Waals surface area (Å²) in [5, 5.41) is 0.705. The molecule has 5 nitrogen and oxygen atoms in total. The lowest BCUT2D eigenvalue weighted by Gasteiger charge is -2.33.